The Morgan fingerprint density at radius 3 is 2.71 bits per heavy atom. The number of hydrogen-bond acceptors (Lipinski definition) is 5. The highest BCUT2D eigenvalue weighted by molar-refractivity contribution is 5.93. The second-order valence-corrected chi connectivity index (χ2v) is 7.99. The standard InChI is InChI=1S/C24H21F3N4O3/c1-13(29-20-16(23(33)34)9-6-10-28-20)17-11-15(24(25,26)27)12-18-19(17)30-21(31(2)22(18)32)14-7-4-3-5-8-14/h3-4,6-7,9-13H,5,8H2,1-2H3,(H,28,29)(H,33,34)/t13-/m1/s1. The quantitative estimate of drug-likeness (QED) is 0.548. The summed E-state index contributed by atoms with van der Waals surface area (Å²) < 4.78 is 42.4. The summed E-state index contributed by atoms with van der Waals surface area (Å²) in [4.78, 5) is 33.3. The average molecular weight is 470 g/mol. The van der Waals surface area contributed by atoms with E-state index in [2.05, 4.69) is 15.3 Å². The lowest BCUT2D eigenvalue weighted by Gasteiger charge is -2.21. The van der Waals surface area contributed by atoms with E-state index in [-0.39, 0.29) is 27.8 Å². The minimum Gasteiger partial charge on any atom is -0.478 e. The molecule has 4 rings (SSSR count). The van der Waals surface area contributed by atoms with Crippen LogP contribution in [0.4, 0.5) is 19.0 Å². The molecule has 1 aliphatic rings. The van der Waals surface area contributed by atoms with E-state index in [9.17, 15) is 27.9 Å². The van der Waals surface area contributed by atoms with Crippen LogP contribution in [0.5, 0.6) is 0 Å². The monoisotopic (exact) mass is 470 g/mol. The van der Waals surface area contributed by atoms with Gasteiger partial charge in [0.1, 0.15) is 17.2 Å². The fraction of sp³-hybridized carbons (Fsp3) is 0.250. The Bertz CT molecular complexity index is 1410. The molecule has 2 heterocycles. The molecule has 0 aliphatic heterocycles. The molecule has 2 aromatic heterocycles. The predicted octanol–water partition coefficient (Wildman–Crippen LogP) is 4.95. The number of nitrogens with one attached hydrogen (secondary N) is 1. The third-order valence-corrected chi connectivity index (χ3v) is 5.70. The van der Waals surface area contributed by atoms with Crippen LogP contribution in [0.3, 0.4) is 0 Å². The summed E-state index contributed by atoms with van der Waals surface area (Å²) in [6.07, 6.45) is 3.73. The Morgan fingerprint density at radius 1 is 1.29 bits per heavy atom. The van der Waals surface area contributed by atoms with Crippen LogP contribution >= 0.6 is 0 Å². The van der Waals surface area contributed by atoms with Crippen LogP contribution in [-0.2, 0) is 13.2 Å². The normalized spacial score (nSPS) is 14.7. The minimum absolute atomic E-state index is 0.00255. The molecule has 7 nitrogen and oxygen atoms in total. The van der Waals surface area contributed by atoms with Crippen molar-refractivity contribution in [3.63, 3.8) is 0 Å². The maximum Gasteiger partial charge on any atom is 0.416 e. The van der Waals surface area contributed by atoms with Gasteiger partial charge in [0.25, 0.3) is 5.56 Å². The largest absolute Gasteiger partial charge is 0.478 e. The summed E-state index contributed by atoms with van der Waals surface area (Å²) in [5, 5.41) is 12.1. The maximum atomic E-state index is 13.7. The molecule has 176 valence electrons. The number of fused-ring (bicyclic) bond motifs is 1. The molecule has 3 aromatic rings. The van der Waals surface area contributed by atoms with Gasteiger partial charge in [-0.2, -0.15) is 13.2 Å². The zero-order chi connectivity index (χ0) is 24.6. The zero-order valence-electron chi connectivity index (χ0n) is 18.3. The number of hydrogen-bond donors (Lipinski definition) is 2. The predicted molar refractivity (Wildman–Crippen MR) is 122 cm³/mol. The highest BCUT2D eigenvalue weighted by Gasteiger charge is 2.33. The number of aromatic carboxylic acids is 1. The van der Waals surface area contributed by atoms with Gasteiger partial charge >= 0.3 is 12.1 Å². The summed E-state index contributed by atoms with van der Waals surface area (Å²) in [5.41, 5.74) is -0.691. The highest BCUT2D eigenvalue weighted by Crippen LogP contribution is 2.35. The third-order valence-electron chi connectivity index (χ3n) is 5.70. The van der Waals surface area contributed by atoms with E-state index < -0.39 is 29.3 Å². The van der Waals surface area contributed by atoms with E-state index >= 15 is 0 Å². The molecule has 0 unspecified atom stereocenters. The zero-order valence-corrected chi connectivity index (χ0v) is 18.3. The van der Waals surface area contributed by atoms with E-state index in [4.69, 9.17) is 0 Å². The van der Waals surface area contributed by atoms with Crippen LogP contribution in [0, 0.1) is 0 Å². The molecular formula is C24H21F3N4O3. The van der Waals surface area contributed by atoms with Crippen molar-refractivity contribution in [3.8, 4) is 0 Å². The van der Waals surface area contributed by atoms with Gasteiger partial charge in [0.2, 0.25) is 0 Å². The Kier molecular flexibility index (Phi) is 5.99. The molecule has 0 fully saturated rings. The second-order valence-electron chi connectivity index (χ2n) is 7.99. The van der Waals surface area contributed by atoms with E-state index in [0.717, 1.165) is 24.1 Å². The molecule has 0 radical (unpaired) electrons. The lowest BCUT2D eigenvalue weighted by atomic mass is 9.99. The van der Waals surface area contributed by atoms with Gasteiger partial charge in [-0.05, 0) is 49.6 Å². The smallest absolute Gasteiger partial charge is 0.416 e. The number of halogens is 3. The first kappa shape index (κ1) is 23.2. The number of pyridine rings is 1. The fourth-order valence-corrected chi connectivity index (χ4v) is 3.95. The molecule has 10 heteroatoms. The molecular weight excluding hydrogens is 449 g/mol. The van der Waals surface area contributed by atoms with Crippen molar-refractivity contribution in [2.24, 2.45) is 7.05 Å². The number of rotatable bonds is 5. The van der Waals surface area contributed by atoms with Gasteiger partial charge in [0.15, 0.2) is 0 Å². The van der Waals surface area contributed by atoms with Crippen LogP contribution in [0.15, 0.2) is 53.5 Å². The second kappa shape index (κ2) is 8.77. The Balaban J connectivity index is 1.94. The van der Waals surface area contributed by atoms with Crippen LogP contribution in [0.1, 0.15) is 53.1 Å². The van der Waals surface area contributed by atoms with Gasteiger partial charge < -0.3 is 10.4 Å². The Labute approximate surface area is 192 Å². The molecule has 0 spiro atoms. The minimum atomic E-state index is -4.69. The van der Waals surface area contributed by atoms with Gasteiger partial charge in [0, 0.05) is 18.8 Å². The summed E-state index contributed by atoms with van der Waals surface area (Å²) in [7, 11) is 1.48. The topological polar surface area (TPSA) is 97.1 Å². The Morgan fingerprint density at radius 2 is 2.06 bits per heavy atom. The van der Waals surface area contributed by atoms with Crippen molar-refractivity contribution in [2.75, 3.05) is 5.32 Å². The van der Waals surface area contributed by atoms with Crippen molar-refractivity contribution in [1.29, 1.82) is 0 Å². The average Bonchev–Trinajstić information content (AvgIpc) is 2.80. The fourth-order valence-electron chi connectivity index (χ4n) is 3.95. The molecule has 1 aromatic carbocycles. The van der Waals surface area contributed by atoms with Gasteiger partial charge in [-0.25, -0.2) is 14.8 Å². The molecule has 0 saturated heterocycles. The molecule has 0 saturated carbocycles. The SMILES string of the molecule is C[C@@H](Nc1ncccc1C(=O)O)c1cc(C(F)(F)F)cc2c(=O)n(C)c(C3=CC=CCC3)nc12. The van der Waals surface area contributed by atoms with Crippen molar-refractivity contribution in [2.45, 2.75) is 32.0 Å². The lowest BCUT2D eigenvalue weighted by molar-refractivity contribution is -0.137. The van der Waals surface area contributed by atoms with Crippen molar-refractivity contribution < 1.29 is 23.1 Å². The number of carboxylic acid groups (broad SMARTS) is 1. The van der Waals surface area contributed by atoms with E-state index in [0.29, 0.717) is 12.2 Å². The van der Waals surface area contributed by atoms with E-state index in [1.165, 1.54) is 29.9 Å². The number of nitrogens with zero attached hydrogens (tertiary/aromatic N) is 3. The number of carbonyl (C=O) groups is 1. The summed E-state index contributed by atoms with van der Waals surface area (Å²) in [5.74, 6) is -0.861. The first-order valence-corrected chi connectivity index (χ1v) is 10.5. The summed E-state index contributed by atoms with van der Waals surface area (Å²) in [6, 6.07) is 3.69. The first-order chi connectivity index (χ1) is 16.1. The summed E-state index contributed by atoms with van der Waals surface area (Å²) >= 11 is 0. The van der Waals surface area contributed by atoms with Gasteiger partial charge in [-0.15, -0.1) is 0 Å². The summed E-state index contributed by atoms with van der Waals surface area (Å²) in [6.45, 7) is 1.57. The molecule has 0 amide bonds. The van der Waals surface area contributed by atoms with Crippen LogP contribution in [-0.4, -0.2) is 25.6 Å². The van der Waals surface area contributed by atoms with Crippen LogP contribution in [0.2, 0.25) is 0 Å². The molecule has 1 aliphatic carbocycles. The van der Waals surface area contributed by atoms with Gasteiger partial charge in [-0.3, -0.25) is 9.36 Å². The van der Waals surface area contributed by atoms with Gasteiger partial charge in [-0.1, -0.05) is 18.2 Å². The number of alkyl halides is 3. The van der Waals surface area contributed by atoms with Crippen LogP contribution < -0.4 is 10.9 Å². The molecule has 2 N–H and O–H groups in total. The molecule has 34 heavy (non-hydrogen) atoms. The number of anilines is 1. The van der Waals surface area contributed by atoms with E-state index in [1.807, 2.05) is 18.2 Å². The van der Waals surface area contributed by atoms with Crippen LogP contribution in [0.25, 0.3) is 16.5 Å². The van der Waals surface area contributed by atoms with Gasteiger partial charge in [0.05, 0.1) is 22.5 Å². The maximum absolute atomic E-state index is 13.7. The van der Waals surface area contributed by atoms with Crippen molar-refractivity contribution >= 4 is 28.3 Å². The Hall–Kier alpha value is -3.95. The third kappa shape index (κ3) is 4.30. The molecule has 1 atom stereocenters. The van der Waals surface area contributed by atoms with Crippen molar-refractivity contribution in [1.82, 2.24) is 14.5 Å². The van der Waals surface area contributed by atoms with Crippen molar-refractivity contribution in [3.05, 3.63) is 81.6 Å². The first-order valence-electron chi connectivity index (χ1n) is 10.5. The molecule has 0 bridgehead atoms. The number of aromatic nitrogens is 3. The van der Waals surface area contributed by atoms with E-state index in [1.54, 1.807) is 6.92 Å². The number of allylic oxidation sites excluding steroid dienone is 4. The number of benzene rings is 1. The lowest BCUT2D eigenvalue weighted by Crippen LogP contribution is -2.24. The number of carboxylic acids is 1. The highest BCUT2D eigenvalue weighted by atomic mass is 19.4.